The molecule has 8 heteroatoms. The molecule has 0 bridgehead atoms. The lowest BCUT2D eigenvalue weighted by Gasteiger charge is -2.33. The van der Waals surface area contributed by atoms with Gasteiger partial charge in [-0.25, -0.2) is 4.79 Å². The third kappa shape index (κ3) is 5.26. The summed E-state index contributed by atoms with van der Waals surface area (Å²) in [6.07, 6.45) is -1.08. The van der Waals surface area contributed by atoms with Crippen LogP contribution in [-0.2, 0) is 19.1 Å². The van der Waals surface area contributed by atoms with Gasteiger partial charge in [-0.15, -0.1) is 0 Å². The first-order chi connectivity index (χ1) is 16.5. The number of esters is 3. The Morgan fingerprint density at radius 1 is 1.09 bits per heavy atom. The highest BCUT2D eigenvalue weighted by atomic mass is 16.6. The van der Waals surface area contributed by atoms with Crippen molar-refractivity contribution in [3.8, 4) is 17.2 Å². The molecule has 0 fully saturated rings. The Morgan fingerprint density at radius 2 is 1.83 bits per heavy atom. The average Bonchev–Trinajstić information content (AvgIpc) is 2.79. The summed E-state index contributed by atoms with van der Waals surface area (Å²) < 4.78 is 22.1. The molecule has 0 N–H and O–H groups in total. The second-order valence-corrected chi connectivity index (χ2v) is 9.39. The van der Waals surface area contributed by atoms with Gasteiger partial charge in [0.1, 0.15) is 29.5 Å². The summed E-state index contributed by atoms with van der Waals surface area (Å²) in [5, 5.41) is 0. The molecule has 2 aromatic rings. The first-order valence-corrected chi connectivity index (χ1v) is 11.3. The molecule has 0 aliphatic carbocycles. The zero-order valence-corrected chi connectivity index (χ0v) is 19.8. The van der Waals surface area contributed by atoms with E-state index < -0.39 is 35.5 Å². The van der Waals surface area contributed by atoms with Crippen molar-refractivity contribution in [1.82, 2.24) is 0 Å². The van der Waals surface area contributed by atoms with Gasteiger partial charge in [-0.05, 0) is 45.0 Å². The van der Waals surface area contributed by atoms with Gasteiger partial charge in [0.25, 0.3) is 0 Å². The summed E-state index contributed by atoms with van der Waals surface area (Å²) in [7, 11) is 0. The van der Waals surface area contributed by atoms with Crippen LogP contribution in [0.2, 0.25) is 0 Å². The minimum absolute atomic E-state index is 0.0557. The van der Waals surface area contributed by atoms with Gasteiger partial charge in [-0.1, -0.05) is 24.8 Å². The molecule has 2 atom stereocenters. The molecule has 4 rings (SSSR count). The fourth-order valence-electron chi connectivity index (χ4n) is 4.05. The fourth-order valence-corrected chi connectivity index (χ4v) is 4.05. The molecule has 0 aromatic heterocycles. The van der Waals surface area contributed by atoms with E-state index >= 15 is 0 Å². The van der Waals surface area contributed by atoms with Gasteiger partial charge in [0.15, 0.2) is 5.78 Å². The maximum atomic E-state index is 13.1. The van der Waals surface area contributed by atoms with E-state index in [-0.39, 0.29) is 36.4 Å². The predicted octanol–water partition coefficient (Wildman–Crippen LogP) is 4.51. The Morgan fingerprint density at radius 3 is 2.57 bits per heavy atom. The molecular formula is C27H26O8. The number of carbonyl (C=O) groups excluding carboxylic acids is 4. The largest absolute Gasteiger partial charge is 0.489 e. The zero-order valence-electron chi connectivity index (χ0n) is 19.8. The van der Waals surface area contributed by atoms with Crippen LogP contribution in [0, 0.1) is 5.41 Å². The molecule has 2 aromatic carbocycles. The second kappa shape index (κ2) is 9.37. The van der Waals surface area contributed by atoms with Crippen molar-refractivity contribution in [3.63, 3.8) is 0 Å². The van der Waals surface area contributed by atoms with Crippen LogP contribution in [0.4, 0.5) is 0 Å². The molecule has 0 saturated carbocycles. The summed E-state index contributed by atoms with van der Waals surface area (Å²) >= 11 is 0. The number of rotatable bonds is 6. The van der Waals surface area contributed by atoms with Crippen LogP contribution in [0.5, 0.6) is 17.2 Å². The number of fused-ring (bicyclic) bond motifs is 2. The SMILES string of the molecule is C=C(C)C(=O)Oc1ccc2c(c1)C(=O)CC(CC(C)(C)C(=O)OC1CC(=O)Oc3ccccc31)O2. The van der Waals surface area contributed by atoms with Crippen molar-refractivity contribution in [2.45, 2.75) is 52.2 Å². The Bertz CT molecular complexity index is 1230. The third-order valence-electron chi connectivity index (χ3n) is 5.90. The van der Waals surface area contributed by atoms with E-state index in [0.29, 0.717) is 22.6 Å². The van der Waals surface area contributed by atoms with Gasteiger partial charge in [-0.2, -0.15) is 0 Å². The predicted molar refractivity (Wildman–Crippen MR) is 124 cm³/mol. The molecule has 182 valence electrons. The summed E-state index contributed by atoms with van der Waals surface area (Å²) in [6.45, 7) is 8.50. The second-order valence-electron chi connectivity index (χ2n) is 9.39. The molecular weight excluding hydrogens is 452 g/mol. The first kappa shape index (κ1) is 24.2. The van der Waals surface area contributed by atoms with Crippen molar-refractivity contribution in [3.05, 3.63) is 65.7 Å². The third-order valence-corrected chi connectivity index (χ3v) is 5.90. The number of Topliss-reactive ketones (excluding diaryl/α,β-unsaturated/α-hetero) is 1. The van der Waals surface area contributed by atoms with E-state index in [0.717, 1.165) is 0 Å². The molecule has 0 spiro atoms. The highest BCUT2D eigenvalue weighted by Gasteiger charge is 2.39. The quantitative estimate of drug-likeness (QED) is 0.339. The lowest BCUT2D eigenvalue weighted by Crippen LogP contribution is -2.37. The van der Waals surface area contributed by atoms with Crippen molar-refractivity contribution >= 4 is 23.7 Å². The van der Waals surface area contributed by atoms with E-state index in [2.05, 4.69) is 6.58 Å². The molecule has 0 saturated heterocycles. The van der Waals surface area contributed by atoms with Crippen LogP contribution in [-0.4, -0.2) is 29.8 Å². The zero-order chi connectivity index (χ0) is 25.3. The summed E-state index contributed by atoms with van der Waals surface area (Å²) in [5.41, 5.74) is 0.201. The number of benzene rings is 2. The van der Waals surface area contributed by atoms with Crippen molar-refractivity contribution in [1.29, 1.82) is 0 Å². The van der Waals surface area contributed by atoms with Gasteiger partial charge in [0.2, 0.25) is 0 Å². The van der Waals surface area contributed by atoms with Gasteiger partial charge >= 0.3 is 17.9 Å². The number of carbonyl (C=O) groups is 4. The minimum Gasteiger partial charge on any atom is -0.489 e. The molecule has 2 aliphatic rings. The average molecular weight is 478 g/mol. The Kier molecular flexibility index (Phi) is 6.47. The maximum absolute atomic E-state index is 13.1. The molecule has 2 heterocycles. The Balaban J connectivity index is 1.43. The maximum Gasteiger partial charge on any atom is 0.338 e. The number of hydrogen-bond donors (Lipinski definition) is 0. The van der Waals surface area contributed by atoms with E-state index in [4.69, 9.17) is 18.9 Å². The molecule has 35 heavy (non-hydrogen) atoms. The molecule has 2 unspecified atom stereocenters. The van der Waals surface area contributed by atoms with Crippen molar-refractivity contribution in [2.24, 2.45) is 5.41 Å². The van der Waals surface area contributed by atoms with Gasteiger partial charge in [0.05, 0.1) is 17.4 Å². The number of ether oxygens (including phenoxy) is 4. The molecule has 8 nitrogen and oxygen atoms in total. The van der Waals surface area contributed by atoms with Gasteiger partial charge < -0.3 is 18.9 Å². The smallest absolute Gasteiger partial charge is 0.338 e. The lowest BCUT2D eigenvalue weighted by molar-refractivity contribution is -0.165. The van der Waals surface area contributed by atoms with E-state index in [1.165, 1.54) is 19.1 Å². The van der Waals surface area contributed by atoms with Crippen LogP contribution < -0.4 is 14.2 Å². The Labute approximate surface area is 202 Å². The number of para-hydroxylation sites is 1. The topological polar surface area (TPSA) is 105 Å². The number of ketones is 1. The van der Waals surface area contributed by atoms with Crippen molar-refractivity contribution < 1.29 is 38.1 Å². The van der Waals surface area contributed by atoms with E-state index in [9.17, 15) is 19.2 Å². The van der Waals surface area contributed by atoms with Crippen LogP contribution in [0.3, 0.4) is 0 Å². The summed E-state index contributed by atoms with van der Waals surface area (Å²) in [5.74, 6) is -0.776. The van der Waals surface area contributed by atoms with Crippen molar-refractivity contribution in [2.75, 3.05) is 0 Å². The lowest BCUT2D eigenvalue weighted by atomic mass is 9.83. The monoisotopic (exact) mass is 478 g/mol. The molecule has 0 amide bonds. The van der Waals surface area contributed by atoms with Gasteiger partial charge in [-0.3, -0.25) is 14.4 Å². The standard InChI is InChI=1S/C27H26O8/c1-15(2)25(30)33-16-9-10-22-19(11-16)20(28)12-17(32-22)14-27(3,4)26(31)35-23-13-24(29)34-21-8-6-5-7-18(21)23/h5-11,17,23H,1,12-14H2,2-4H3. The number of hydrogen-bond acceptors (Lipinski definition) is 8. The van der Waals surface area contributed by atoms with Gasteiger partial charge in [0, 0.05) is 24.0 Å². The highest BCUT2D eigenvalue weighted by Crippen LogP contribution is 2.39. The summed E-state index contributed by atoms with van der Waals surface area (Å²) in [4.78, 5) is 49.6. The highest BCUT2D eigenvalue weighted by molar-refractivity contribution is 6.00. The van der Waals surface area contributed by atoms with Crippen LogP contribution in [0.15, 0.2) is 54.6 Å². The van der Waals surface area contributed by atoms with Crippen LogP contribution in [0.1, 0.15) is 62.1 Å². The van der Waals surface area contributed by atoms with Crippen LogP contribution in [0.25, 0.3) is 0 Å². The van der Waals surface area contributed by atoms with Crippen LogP contribution >= 0.6 is 0 Å². The first-order valence-electron chi connectivity index (χ1n) is 11.3. The molecule has 0 radical (unpaired) electrons. The normalized spacial score (nSPS) is 18.9. The van der Waals surface area contributed by atoms with E-state index in [1.54, 1.807) is 44.2 Å². The van der Waals surface area contributed by atoms with E-state index in [1.807, 2.05) is 0 Å². The minimum atomic E-state index is -0.990. The molecule has 2 aliphatic heterocycles. The Hall–Kier alpha value is -3.94. The fraction of sp³-hybridized carbons (Fsp3) is 0.333. The summed E-state index contributed by atoms with van der Waals surface area (Å²) in [6, 6.07) is 11.5.